The van der Waals surface area contributed by atoms with E-state index in [1.165, 1.54) is 0 Å². The fraction of sp³-hybridized carbons (Fsp3) is 0.857. The second-order valence-corrected chi connectivity index (χ2v) is 3.63. The Morgan fingerprint density at radius 1 is 0.650 bits per heavy atom. The zero-order valence-corrected chi connectivity index (χ0v) is 14.7. The average Bonchev–Trinajstić information content (AvgIpc) is 2.45. The summed E-state index contributed by atoms with van der Waals surface area (Å²) in [5.41, 5.74) is 10.7. The summed E-state index contributed by atoms with van der Waals surface area (Å²) >= 11 is 0. The minimum Gasteiger partial charge on any atom is -1.00 e. The van der Waals surface area contributed by atoms with Crippen LogP contribution in [0.25, 0.3) is 0 Å². The van der Waals surface area contributed by atoms with Crippen LogP contribution in [0.15, 0.2) is 0 Å². The summed E-state index contributed by atoms with van der Waals surface area (Å²) in [7, 11) is 0. The van der Waals surface area contributed by atoms with Crippen molar-refractivity contribution in [2.24, 2.45) is 11.5 Å². The minimum absolute atomic E-state index is 0. The molecular weight excluding hydrogens is 238 g/mol. The summed E-state index contributed by atoms with van der Waals surface area (Å²) in [5, 5.41) is 0. The van der Waals surface area contributed by atoms with Crippen LogP contribution in [0, 0.1) is 12.8 Å². The molecule has 6 heteroatoms. The van der Waals surface area contributed by atoms with E-state index in [4.69, 9.17) is 24.3 Å². The molecule has 0 aliphatic carbocycles. The minimum atomic E-state index is 0. The van der Waals surface area contributed by atoms with Crippen LogP contribution in [0.3, 0.4) is 0 Å². The van der Waals surface area contributed by atoms with Crippen molar-refractivity contribution in [2.45, 2.75) is 27.7 Å². The van der Waals surface area contributed by atoms with Gasteiger partial charge in [-0.2, -0.15) is 0 Å². The van der Waals surface area contributed by atoms with E-state index < -0.39 is 0 Å². The molecule has 0 amide bonds. The first kappa shape index (κ1) is 32.5. The third-order valence-corrected chi connectivity index (χ3v) is 2.68. The molecule has 0 saturated heterocycles. The predicted octanol–water partition coefficient (Wildman–Crippen LogP) is -5.26. The van der Waals surface area contributed by atoms with Gasteiger partial charge in [0, 0.05) is 26.2 Å². The monoisotopic (exact) mass is 270 g/mol. The normalized spacial score (nSPS) is 8.50. The molecule has 0 spiro atoms. The molecule has 0 aromatic carbocycles. The summed E-state index contributed by atoms with van der Waals surface area (Å²) in [6.45, 7) is 16.7. The van der Waals surface area contributed by atoms with Gasteiger partial charge in [-0.05, 0) is 26.2 Å². The second kappa shape index (κ2) is 31.8. The van der Waals surface area contributed by atoms with Gasteiger partial charge in [0.05, 0.1) is 0 Å². The summed E-state index contributed by atoms with van der Waals surface area (Å²) in [6.07, 6.45) is 10.0. The fourth-order valence-electron chi connectivity index (χ4n) is 1.44. The number of hydrogen-bond acceptors (Lipinski definition) is 4. The van der Waals surface area contributed by atoms with Gasteiger partial charge in [0.2, 0.25) is 0 Å². The molecule has 0 bridgehead atoms. The van der Waals surface area contributed by atoms with E-state index >= 15 is 0 Å². The number of rotatable bonds is 8. The molecule has 4 N–H and O–H groups in total. The van der Waals surface area contributed by atoms with Crippen LogP contribution < -0.4 is 49.2 Å². The zero-order chi connectivity index (χ0) is 14.8. The molecule has 0 atom stereocenters. The van der Waals surface area contributed by atoms with Crippen LogP contribution in [0.2, 0.25) is 0 Å². The summed E-state index contributed by atoms with van der Waals surface area (Å²) in [6, 6.07) is 0. The van der Waals surface area contributed by atoms with E-state index in [-0.39, 0.29) is 37.7 Å². The van der Waals surface area contributed by atoms with Crippen molar-refractivity contribution in [1.29, 1.82) is 0 Å². The Bertz CT molecular complexity index is 135. The smallest absolute Gasteiger partial charge is 1.00 e. The number of hydrogen-bond donors (Lipinski definition) is 2. The molecule has 0 rings (SSSR count). The van der Waals surface area contributed by atoms with Crippen molar-refractivity contribution in [3.63, 3.8) is 0 Å². The third-order valence-electron chi connectivity index (χ3n) is 2.68. The van der Waals surface area contributed by atoms with E-state index in [0.29, 0.717) is 0 Å². The van der Waals surface area contributed by atoms with Crippen molar-refractivity contribution in [3.8, 4) is 0 Å². The van der Waals surface area contributed by atoms with Gasteiger partial charge in [-0.3, -0.25) is 0 Å². The van der Waals surface area contributed by atoms with Gasteiger partial charge >= 0.3 is 37.7 Å². The van der Waals surface area contributed by atoms with Gasteiger partial charge in [0.1, 0.15) is 0 Å². The first-order valence-electron chi connectivity index (χ1n) is 6.79. The molecule has 0 fully saturated rings. The molecule has 0 aromatic rings. The molecule has 0 aliphatic heterocycles. The van der Waals surface area contributed by atoms with Crippen LogP contribution >= 0.6 is 0 Å². The average molecular weight is 270 g/mol. The van der Waals surface area contributed by atoms with Crippen LogP contribution in [-0.2, 0) is 0 Å². The van der Waals surface area contributed by atoms with E-state index in [1.807, 2.05) is 0 Å². The molecule has 4 nitrogen and oxygen atoms in total. The van der Waals surface area contributed by atoms with E-state index in [1.54, 1.807) is 0 Å². The molecule has 0 saturated carbocycles. The quantitative estimate of drug-likeness (QED) is 0.263. The Balaban J connectivity index is -0.0000000611. The van der Waals surface area contributed by atoms with Gasteiger partial charge in [0.15, 0.2) is 0 Å². The second-order valence-electron chi connectivity index (χ2n) is 3.63. The molecule has 0 heterocycles. The Kier molecular flexibility index (Phi) is 51.7. The SMILES string of the molecule is CCN(CC)CCN.CCN(CC)CCN.[C-]#[C-].[Li+].[Li+]. The van der Waals surface area contributed by atoms with Crippen molar-refractivity contribution in [3.05, 3.63) is 12.8 Å². The van der Waals surface area contributed by atoms with E-state index in [0.717, 1.165) is 52.4 Å². The zero-order valence-electron chi connectivity index (χ0n) is 14.7. The van der Waals surface area contributed by atoms with Crippen LogP contribution in [0.5, 0.6) is 0 Å². The van der Waals surface area contributed by atoms with Gasteiger partial charge in [-0.25, -0.2) is 0 Å². The Labute approximate surface area is 151 Å². The third kappa shape index (κ3) is 27.0. The Morgan fingerprint density at radius 2 is 0.850 bits per heavy atom. The van der Waals surface area contributed by atoms with Crippen molar-refractivity contribution >= 4 is 0 Å². The summed E-state index contributed by atoms with van der Waals surface area (Å²) in [4.78, 5) is 4.61. The van der Waals surface area contributed by atoms with Crippen molar-refractivity contribution < 1.29 is 37.7 Å². The maximum Gasteiger partial charge on any atom is 1.00 e. The summed E-state index contributed by atoms with van der Waals surface area (Å²) in [5.74, 6) is 0. The summed E-state index contributed by atoms with van der Waals surface area (Å²) < 4.78 is 0. The van der Waals surface area contributed by atoms with Crippen LogP contribution in [0.4, 0.5) is 0 Å². The molecule has 20 heavy (non-hydrogen) atoms. The first-order chi connectivity index (χ1) is 8.69. The standard InChI is InChI=1S/2C6H16N2.C2.2Li/c2*1-3-8(4-2)6-5-7;1-2;;/h2*3-7H2,1-2H3;;;/q;;-2;2*+1. The van der Waals surface area contributed by atoms with Crippen molar-refractivity contribution in [2.75, 3.05) is 52.4 Å². The molecule has 0 unspecified atom stereocenters. The molecule has 0 aromatic heterocycles. The van der Waals surface area contributed by atoms with Crippen molar-refractivity contribution in [1.82, 2.24) is 9.80 Å². The van der Waals surface area contributed by atoms with Crippen LogP contribution in [-0.4, -0.2) is 62.2 Å². The van der Waals surface area contributed by atoms with Gasteiger partial charge in [0.25, 0.3) is 0 Å². The fourth-order valence-corrected chi connectivity index (χ4v) is 1.44. The maximum absolute atomic E-state index is 5.34. The van der Waals surface area contributed by atoms with Gasteiger partial charge in [-0.1, -0.05) is 27.7 Å². The maximum atomic E-state index is 5.34. The molecular formula is C14H32Li2N4. The topological polar surface area (TPSA) is 58.5 Å². The number of nitrogens with two attached hydrogens (primary N) is 2. The van der Waals surface area contributed by atoms with Crippen LogP contribution in [0.1, 0.15) is 27.7 Å². The van der Waals surface area contributed by atoms with E-state index in [9.17, 15) is 0 Å². The molecule has 0 aliphatic rings. The number of likely N-dealkylation sites (N-methyl/N-ethyl adjacent to an activating group) is 2. The van der Waals surface area contributed by atoms with Gasteiger partial charge < -0.3 is 34.1 Å². The van der Waals surface area contributed by atoms with Gasteiger partial charge in [-0.15, -0.1) is 0 Å². The number of nitrogens with zero attached hydrogens (tertiary/aromatic N) is 2. The first-order valence-corrected chi connectivity index (χ1v) is 6.79. The Morgan fingerprint density at radius 3 is 0.900 bits per heavy atom. The molecule has 0 radical (unpaired) electrons. The largest absolute Gasteiger partial charge is 1.00 e. The molecule has 110 valence electrons. The Hall–Kier alpha value is 0.595. The van der Waals surface area contributed by atoms with E-state index in [2.05, 4.69) is 37.5 Å². The predicted molar refractivity (Wildman–Crippen MR) is 80.2 cm³/mol.